The van der Waals surface area contributed by atoms with E-state index in [1.54, 1.807) is 0 Å². The molecule has 0 aliphatic rings. The van der Waals surface area contributed by atoms with Gasteiger partial charge in [0, 0.05) is 40.2 Å². The van der Waals surface area contributed by atoms with Crippen LogP contribution >= 0.6 is 0 Å². The van der Waals surface area contributed by atoms with Gasteiger partial charge in [0.1, 0.15) is 5.82 Å². The first kappa shape index (κ1) is 42.3. The van der Waals surface area contributed by atoms with E-state index in [0.29, 0.717) is 0 Å². The Morgan fingerprint density at radius 2 is 0.984 bits per heavy atom. The van der Waals surface area contributed by atoms with Crippen molar-refractivity contribution >= 4 is 28.1 Å². The second kappa shape index (κ2) is 16.6. The van der Waals surface area contributed by atoms with E-state index in [1.165, 1.54) is 27.6 Å². The number of benzene rings is 6. The highest BCUT2D eigenvalue weighted by molar-refractivity contribution is 5.96. The van der Waals surface area contributed by atoms with Crippen LogP contribution in [0, 0.1) is 0 Å². The summed E-state index contributed by atoms with van der Waals surface area (Å²) in [7, 11) is 0. The summed E-state index contributed by atoms with van der Waals surface area (Å²) in [6, 6.07) is 61.5. The Labute approximate surface area is 379 Å². The maximum absolute atomic E-state index is 5.69. The van der Waals surface area contributed by atoms with Gasteiger partial charge in [-0.2, -0.15) is 0 Å². The third kappa shape index (κ3) is 8.66. The summed E-state index contributed by atoms with van der Waals surface area (Å²) >= 11 is 0. The van der Waals surface area contributed by atoms with Crippen molar-refractivity contribution in [2.45, 2.75) is 78.6 Å². The first-order valence-electron chi connectivity index (χ1n) is 22.5. The summed E-state index contributed by atoms with van der Waals surface area (Å²) in [5.41, 5.74) is 17.5. The number of pyridine rings is 2. The van der Waals surface area contributed by atoms with Crippen LogP contribution in [0.2, 0.25) is 0 Å². The zero-order valence-electron chi connectivity index (χ0n) is 38.7. The predicted octanol–water partition coefficient (Wildman–Crippen LogP) is 16.7. The number of hydrogen-bond donors (Lipinski definition) is 1. The average molecular weight is 835 g/mol. The Balaban J connectivity index is 1.35. The molecule has 0 aliphatic carbocycles. The highest BCUT2D eigenvalue weighted by atomic mass is 15.2. The van der Waals surface area contributed by atoms with Crippen LogP contribution in [0.4, 0.5) is 17.2 Å². The van der Waals surface area contributed by atoms with Gasteiger partial charge in [0.05, 0.1) is 22.6 Å². The minimum Gasteiger partial charge on any atom is -0.361 e. The van der Waals surface area contributed by atoms with E-state index in [4.69, 9.17) is 9.97 Å². The summed E-state index contributed by atoms with van der Waals surface area (Å²) in [5.74, 6) is 0.825. The standard InChI is InChI=1S/C60H58N4/c1-58(2,3)47-32-44(33-48(38-47)59(4,5)6)45-36-53(63-54(37-45)52-39-49(60(7,8)9)31-42-27-29-62-57(42)52)46-30-43(40-20-12-10-13-21-40)34-50(35-46)64(56-26-18-19-28-61-56)55-25-17-16-24-51(55)41-22-14-11-15-23-41/h10-39,62H,1-9H3. The van der Waals surface area contributed by atoms with Crippen LogP contribution in [0.15, 0.2) is 182 Å². The van der Waals surface area contributed by atoms with Crippen molar-refractivity contribution in [1.29, 1.82) is 0 Å². The zero-order chi connectivity index (χ0) is 44.8. The number of H-pyrrole nitrogens is 1. The van der Waals surface area contributed by atoms with E-state index in [9.17, 15) is 0 Å². The van der Waals surface area contributed by atoms with Gasteiger partial charge in [0.15, 0.2) is 0 Å². The zero-order valence-corrected chi connectivity index (χ0v) is 38.7. The molecule has 1 N–H and O–H groups in total. The number of hydrogen-bond acceptors (Lipinski definition) is 3. The van der Waals surface area contributed by atoms with Crippen LogP contribution in [0.1, 0.15) is 79.0 Å². The molecule has 0 fully saturated rings. The van der Waals surface area contributed by atoms with Gasteiger partial charge < -0.3 is 4.98 Å². The van der Waals surface area contributed by atoms with Crippen LogP contribution in [0.5, 0.6) is 0 Å². The molecule has 0 saturated heterocycles. The fourth-order valence-corrected chi connectivity index (χ4v) is 8.55. The molecule has 6 aromatic carbocycles. The Morgan fingerprint density at radius 1 is 0.422 bits per heavy atom. The van der Waals surface area contributed by atoms with Gasteiger partial charge in [0.2, 0.25) is 0 Å². The van der Waals surface area contributed by atoms with Gasteiger partial charge >= 0.3 is 0 Å². The number of rotatable bonds is 8. The van der Waals surface area contributed by atoms with Crippen LogP contribution in [0.25, 0.3) is 66.8 Å². The fraction of sp³-hybridized carbons (Fsp3) is 0.200. The molecule has 0 unspecified atom stereocenters. The molecule has 3 heterocycles. The lowest BCUT2D eigenvalue weighted by atomic mass is 9.79. The molecule has 0 aliphatic heterocycles. The molecule has 9 rings (SSSR count). The summed E-state index contributed by atoms with van der Waals surface area (Å²) in [6.45, 7) is 20.7. The fourth-order valence-electron chi connectivity index (χ4n) is 8.55. The first-order chi connectivity index (χ1) is 30.6. The van der Waals surface area contributed by atoms with Crippen molar-refractivity contribution in [3.8, 4) is 55.9 Å². The maximum atomic E-state index is 5.69. The number of anilines is 3. The molecular formula is C60H58N4. The lowest BCUT2D eigenvalue weighted by Gasteiger charge is -2.28. The van der Waals surface area contributed by atoms with Crippen molar-refractivity contribution in [2.75, 3.05) is 4.90 Å². The minimum atomic E-state index is -0.0623. The van der Waals surface area contributed by atoms with Crippen molar-refractivity contribution in [1.82, 2.24) is 15.0 Å². The van der Waals surface area contributed by atoms with Gasteiger partial charge in [0.25, 0.3) is 0 Å². The van der Waals surface area contributed by atoms with Gasteiger partial charge in [-0.25, -0.2) is 9.97 Å². The van der Waals surface area contributed by atoms with Crippen molar-refractivity contribution in [3.05, 3.63) is 199 Å². The topological polar surface area (TPSA) is 44.8 Å². The van der Waals surface area contributed by atoms with Gasteiger partial charge in [-0.3, -0.25) is 4.90 Å². The van der Waals surface area contributed by atoms with Gasteiger partial charge in [-0.05, 0) is 127 Å². The van der Waals surface area contributed by atoms with Crippen LogP contribution in [-0.4, -0.2) is 15.0 Å². The number of aromatic amines is 1. The Bertz CT molecular complexity index is 3050. The summed E-state index contributed by atoms with van der Waals surface area (Å²) in [5, 5.41) is 1.18. The molecule has 0 radical (unpaired) electrons. The third-order valence-electron chi connectivity index (χ3n) is 12.3. The van der Waals surface area contributed by atoms with Gasteiger partial charge in [-0.15, -0.1) is 0 Å². The van der Waals surface area contributed by atoms with Crippen LogP contribution in [-0.2, 0) is 16.2 Å². The molecule has 0 amide bonds. The third-order valence-corrected chi connectivity index (χ3v) is 12.3. The SMILES string of the molecule is CC(C)(C)c1cc(-c2cc(-c3cc(-c4ccccc4)cc(N(c4ccccn4)c4ccccc4-c4ccccc4)c3)nc(-c3cc(C(C)(C)C)cc4cc[nH]c34)c2)cc(C(C)(C)C)c1. The number of aromatic nitrogens is 3. The quantitative estimate of drug-likeness (QED) is 0.166. The molecule has 0 bridgehead atoms. The van der Waals surface area contributed by atoms with Crippen molar-refractivity contribution < 1.29 is 0 Å². The Hall–Kier alpha value is -7.04. The van der Waals surface area contributed by atoms with Crippen LogP contribution in [0.3, 0.4) is 0 Å². The van der Waals surface area contributed by atoms with Crippen LogP contribution < -0.4 is 4.90 Å². The second-order valence-corrected chi connectivity index (χ2v) is 20.2. The number of nitrogens with one attached hydrogen (secondary N) is 1. The van der Waals surface area contributed by atoms with E-state index in [0.717, 1.165) is 73.0 Å². The van der Waals surface area contributed by atoms with Crippen molar-refractivity contribution in [3.63, 3.8) is 0 Å². The molecule has 318 valence electrons. The molecule has 0 atom stereocenters. The predicted molar refractivity (Wildman–Crippen MR) is 272 cm³/mol. The second-order valence-electron chi connectivity index (χ2n) is 20.2. The average Bonchev–Trinajstić information content (AvgIpc) is 3.78. The normalized spacial score (nSPS) is 12.1. The number of fused-ring (bicyclic) bond motifs is 1. The van der Waals surface area contributed by atoms with E-state index in [1.807, 2.05) is 18.5 Å². The lowest BCUT2D eigenvalue weighted by molar-refractivity contribution is 0.569. The maximum Gasteiger partial charge on any atom is 0.137 e. The highest BCUT2D eigenvalue weighted by Gasteiger charge is 2.25. The Kier molecular flexibility index (Phi) is 11.0. The largest absolute Gasteiger partial charge is 0.361 e. The summed E-state index contributed by atoms with van der Waals surface area (Å²) in [4.78, 5) is 16.6. The van der Waals surface area contributed by atoms with E-state index < -0.39 is 0 Å². The molecule has 4 nitrogen and oxygen atoms in total. The van der Waals surface area contributed by atoms with Gasteiger partial charge in [-0.1, -0.05) is 165 Å². The molecular weight excluding hydrogens is 777 g/mol. The highest BCUT2D eigenvalue weighted by Crippen LogP contribution is 2.44. The van der Waals surface area contributed by atoms with E-state index in [2.05, 4.69) is 236 Å². The molecule has 3 aromatic heterocycles. The van der Waals surface area contributed by atoms with E-state index in [-0.39, 0.29) is 16.2 Å². The lowest BCUT2D eigenvalue weighted by Crippen LogP contribution is -2.16. The number of nitrogens with zero attached hydrogens (tertiary/aromatic N) is 3. The summed E-state index contributed by atoms with van der Waals surface area (Å²) in [6.07, 6.45) is 3.92. The molecule has 4 heteroatoms. The molecule has 64 heavy (non-hydrogen) atoms. The van der Waals surface area contributed by atoms with E-state index >= 15 is 0 Å². The smallest absolute Gasteiger partial charge is 0.137 e. The number of para-hydroxylation sites is 1. The molecule has 0 saturated carbocycles. The Morgan fingerprint density at radius 3 is 1.64 bits per heavy atom. The summed E-state index contributed by atoms with van der Waals surface area (Å²) < 4.78 is 0. The monoisotopic (exact) mass is 834 g/mol. The molecule has 0 spiro atoms. The van der Waals surface area contributed by atoms with Crippen molar-refractivity contribution in [2.24, 2.45) is 0 Å². The minimum absolute atomic E-state index is 0.0456. The molecule has 9 aromatic rings. The first-order valence-corrected chi connectivity index (χ1v) is 22.5.